The molecule has 116 valence electrons. The molecule has 21 heavy (non-hydrogen) atoms. The summed E-state index contributed by atoms with van der Waals surface area (Å²) in [4.78, 5) is 12.1. The molecular weight excluding hydrogens is 292 g/mol. The Balaban J connectivity index is 0.00000220. The van der Waals surface area contributed by atoms with E-state index in [4.69, 9.17) is 15.2 Å². The molecule has 2 rings (SSSR count). The second kappa shape index (κ2) is 6.83. The monoisotopic (exact) mass is 312 g/mol. The number of carbonyl (C=O) groups is 1. The number of nitrogens with one attached hydrogen (secondary N) is 1. The highest BCUT2D eigenvalue weighted by Gasteiger charge is 2.19. The standard InChI is InChI=1S/C15H20N2O3.ClH/c1-15(2,16)9-17-14(18)11-6-10-7-12(19-3)4-5-13(10)20-8-11;/h4-7H,8-9,16H2,1-3H3,(H,17,18);1H. The minimum Gasteiger partial charge on any atom is -0.497 e. The van der Waals surface area contributed by atoms with E-state index in [0.29, 0.717) is 12.1 Å². The highest BCUT2D eigenvalue weighted by Crippen LogP contribution is 2.29. The molecule has 0 radical (unpaired) electrons. The second-order valence-corrected chi connectivity index (χ2v) is 5.53. The molecule has 0 aliphatic carbocycles. The molecule has 3 N–H and O–H groups in total. The molecule has 1 aromatic carbocycles. The molecule has 0 saturated carbocycles. The van der Waals surface area contributed by atoms with Gasteiger partial charge in [-0.2, -0.15) is 0 Å². The van der Waals surface area contributed by atoms with Crippen LogP contribution in [0.15, 0.2) is 23.8 Å². The minimum absolute atomic E-state index is 0. The van der Waals surface area contributed by atoms with Gasteiger partial charge in [-0.3, -0.25) is 4.79 Å². The number of benzene rings is 1. The smallest absolute Gasteiger partial charge is 0.250 e. The van der Waals surface area contributed by atoms with E-state index in [1.165, 1.54) is 0 Å². The molecule has 0 unspecified atom stereocenters. The Kier molecular flexibility index (Phi) is 5.63. The SMILES string of the molecule is COc1ccc2c(c1)C=C(C(=O)NCC(C)(C)N)CO2.Cl. The lowest BCUT2D eigenvalue weighted by atomic mass is 10.1. The van der Waals surface area contributed by atoms with E-state index < -0.39 is 5.54 Å². The molecule has 0 fully saturated rings. The summed E-state index contributed by atoms with van der Waals surface area (Å²) >= 11 is 0. The third-order valence-corrected chi connectivity index (χ3v) is 2.93. The summed E-state index contributed by atoms with van der Waals surface area (Å²) in [5, 5.41) is 2.81. The van der Waals surface area contributed by atoms with Crippen LogP contribution in [0.3, 0.4) is 0 Å². The maximum atomic E-state index is 12.1. The van der Waals surface area contributed by atoms with Gasteiger partial charge in [0.15, 0.2) is 0 Å². The van der Waals surface area contributed by atoms with Crippen LogP contribution in [0, 0.1) is 0 Å². The molecule has 1 aliphatic heterocycles. The van der Waals surface area contributed by atoms with Crippen molar-refractivity contribution in [3.05, 3.63) is 29.3 Å². The number of amides is 1. The van der Waals surface area contributed by atoms with Crippen LogP contribution in [-0.2, 0) is 4.79 Å². The zero-order valence-electron chi connectivity index (χ0n) is 12.4. The molecule has 0 spiro atoms. The summed E-state index contributed by atoms with van der Waals surface area (Å²) in [6, 6.07) is 5.51. The molecule has 6 heteroatoms. The first kappa shape index (κ1) is 17.3. The predicted molar refractivity (Wildman–Crippen MR) is 85.0 cm³/mol. The van der Waals surface area contributed by atoms with Gasteiger partial charge >= 0.3 is 0 Å². The first-order chi connectivity index (χ1) is 9.39. The Labute approximate surface area is 130 Å². The minimum atomic E-state index is -0.438. The third-order valence-electron chi connectivity index (χ3n) is 2.93. The van der Waals surface area contributed by atoms with E-state index in [1.54, 1.807) is 7.11 Å². The number of ether oxygens (including phenoxy) is 2. The van der Waals surface area contributed by atoms with Crippen molar-refractivity contribution >= 4 is 24.4 Å². The Morgan fingerprint density at radius 2 is 2.19 bits per heavy atom. The molecule has 0 bridgehead atoms. The van der Waals surface area contributed by atoms with Crippen molar-refractivity contribution < 1.29 is 14.3 Å². The van der Waals surface area contributed by atoms with Gasteiger partial charge in [0, 0.05) is 17.6 Å². The lowest BCUT2D eigenvalue weighted by Crippen LogP contribution is -2.45. The number of hydrogen-bond acceptors (Lipinski definition) is 4. The number of nitrogens with two attached hydrogens (primary N) is 1. The number of halogens is 1. The largest absolute Gasteiger partial charge is 0.497 e. The zero-order chi connectivity index (χ0) is 14.8. The summed E-state index contributed by atoms with van der Waals surface area (Å²) in [5.41, 5.74) is 6.83. The van der Waals surface area contributed by atoms with Crippen LogP contribution in [0.1, 0.15) is 19.4 Å². The van der Waals surface area contributed by atoms with E-state index in [-0.39, 0.29) is 24.9 Å². The summed E-state index contributed by atoms with van der Waals surface area (Å²) in [7, 11) is 1.60. The number of hydrogen-bond donors (Lipinski definition) is 2. The summed E-state index contributed by atoms with van der Waals surface area (Å²) in [6.07, 6.45) is 1.82. The van der Waals surface area contributed by atoms with Crippen molar-refractivity contribution in [2.45, 2.75) is 19.4 Å². The van der Waals surface area contributed by atoms with Gasteiger partial charge in [-0.15, -0.1) is 12.4 Å². The lowest BCUT2D eigenvalue weighted by Gasteiger charge is -2.21. The molecule has 1 aromatic rings. The highest BCUT2D eigenvalue weighted by molar-refractivity contribution is 5.99. The highest BCUT2D eigenvalue weighted by atomic mass is 35.5. The number of methoxy groups -OCH3 is 1. The van der Waals surface area contributed by atoms with Crippen molar-refractivity contribution in [2.24, 2.45) is 5.73 Å². The van der Waals surface area contributed by atoms with Gasteiger partial charge in [0.25, 0.3) is 5.91 Å². The summed E-state index contributed by atoms with van der Waals surface area (Å²) < 4.78 is 10.7. The second-order valence-electron chi connectivity index (χ2n) is 5.53. The fraction of sp³-hybridized carbons (Fsp3) is 0.400. The van der Waals surface area contributed by atoms with Crippen LogP contribution < -0.4 is 20.5 Å². The van der Waals surface area contributed by atoms with Crippen LogP contribution in [0.5, 0.6) is 11.5 Å². The van der Waals surface area contributed by atoms with Crippen LogP contribution in [0.4, 0.5) is 0 Å². The predicted octanol–water partition coefficient (Wildman–Crippen LogP) is 1.75. The van der Waals surface area contributed by atoms with E-state index in [9.17, 15) is 4.79 Å². The Morgan fingerprint density at radius 3 is 2.81 bits per heavy atom. The molecule has 0 atom stereocenters. The van der Waals surface area contributed by atoms with Crippen molar-refractivity contribution in [1.29, 1.82) is 0 Å². The molecule has 1 aliphatic rings. The van der Waals surface area contributed by atoms with E-state index in [0.717, 1.165) is 17.1 Å². The maximum Gasteiger partial charge on any atom is 0.250 e. The summed E-state index contributed by atoms with van der Waals surface area (Å²) in [6.45, 7) is 4.39. The zero-order valence-corrected chi connectivity index (χ0v) is 13.3. The van der Waals surface area contributed by atoms with Crippen LogP contribution >= 0.6 is 12.4 Å². The fourth-order valence-electron chi connectivity index (χ4n) is 1.84. The Hall–Kier alpha value is -1.72. The summed E-state index contributed by atoms with van der Waals surface area (Å²) in [5.74, 6) is 1.33. The molecule has 1 amide bonds. The van der Waals surface area contributed by atoms with Crippen LogP contribution in [0.2, 0.25) is 0 Å². The van der Waals surface area contributed by atoms with Gasteiger partial charge in [-0.25, -0.2) is 0 Å². The number of carbonyl (C=O) groups excluding carboxylic acids is 1. The number of rotatable bonds is 4. The van der Waals surface area contributed by atoms with E-state index in [1.807, 2.05) is 38.1 Å². The average molecular weight is 313 g/mol. The molecule has 0 saturated heterocycles. The van der Waals surface area contributed by atoms with E-state index >= 15 is 0 Å². The quantitative estimate of drug-likeness (QED) is 0.888. The molecule has 0 aromatic heterocycles. The van der Waals surface area contributed by atoms with E-state index in [2.05, 4.69) is 5.32 Å². The fourth-order valence-corrected chi connectivity index (χ4v) is 1.84. The first-order valence-electron chi connectivity index (χ1n) is 6.47. The van der Waals surface area contributed by atoms with Gasteiger partial charge < -0.3 is 20.5 Å². The van der Waals surface area contributed by atoms with Crippen molar-refractivity contribution in [3.8, 4) is 11.5 Å². The Morgan fingerprint density at radius 1 is 1.48 bits per heavy atom. The van der Waals surface area contributed by atoms with Gasteiger partial charge in [0.1, 0.15) is 18.1 Å². The van der Waals surface area contributed by atoms with Crippen LogP contribution in [-0.4, -0.2) is 31.7 Å². The van der Waals surface area contributed by atoms with Gasteiger partial charge in [0.2, 0.25) is 0 Å². The van der Waals surface area contributed by atoms with Gasteiger partial charge in [-0.1, -0.05) is 0 Å². The third kappa shape index (κ3) is 4.65. The number of fused-ring (bicyclic) bond motifs is 1. The average Bonchev–Trinajstić information content (AvgIpc) is 2.42. The van der Waals surface area contributed by atoms with Crippen molar-refractivity contribution in [2.75, 3.05) is 20.3 Å². The van der Waals surface area contributed by atoms with Gasteiger partial charge in [-0.05, 0) is 38.1 Å². The van der Waals surface area contributed by atoms with Gasteiger partial charge in [0.05, 0.1) is 12.7 Å². The Bertz CT molecular complexity index is 550. The molecule has 1 heterocycles. The molecular formula is C15H21ClN2O3. The first-order valence-corrected chi connectivity index (χ1v) is 6.47. The van der Waals surface area contributed by atoms with Crippen LogP contribution in [0.25, 0.3) is 6.08 Å². The van der Waals surface area contributed by atoms with Crippen molar-refractivity contribution in [1.82, 2.24) is 5.32 Å². The maximum absolute atomic E-state index is 12.1. The molecule has 5 nitrogen and oxygen atoms in total. The topological polar surface area (TPSA) is 73.6 Å². The lowest BCUT2D eigenvalue weighted by molar-refractivity contribution is -0.118. The van der Waals surface area contributed by atoms with Crippen molar-refractivity contribution in [3.63, 3.8) is 0 Å². The normalized spacial score (nSPS) is 13.2.